The Labute approximate surface area is 224 Å². The van der Waals surface area contributed by atoms with E-state index in [0.29, 0.717) is 29.8 Å². The molecule has 3 aromatic rings. The second-order valence-corrected chi connectivity index (χ2v) is 10.1. The van der Waals surface area contributed by atoms with Crippen molar-refractivity contribution in [3.63, 3.8) is 0 Å². The number of nitrogens with zero attached hydrogens (tertiary/aromatic N) is 2. The maximum absolute atomic E-state index is 14.8. The van der Waals surface area contributed by atoms with Gasteiger partial charge in [-0.05, 0) is 24.6 Å². The van der Waals surface area contributed by atoms with Gasteiger partial charge in [0.15, 0.2) is 0 Å². The Balaban J connectivity index is 1.65. The van der Waals surface area contributed by atoms with Gasteiger partial charge in [-0.15, -0.1) is 0 Å². The van der Waals surface area contributed by atoms with Crippen LogP contribution in [0.2, 0.25) is 0 Å². The normalized spacial score (nSPS) is 15.2. The Morgan fingerprint density at radius 3 is 2.12 bits per heavy atom. The lowest BCUT2D eigenvalue weighted by Gasteiger charge is -2.39. The number of carbonyl (C=O) groups excluding carboxylic acids is 2. The second-order valence-electron chi connectivity index (χ2n) is 8.91. The van der Waals surface area contributed by atoms with Crippen LogP contribution >= 0.6 is 7.82 Å². The molecule has 0 bridgehead atoms. The van der Waals surface area contributed by atoms with Crippen molar-refractivity contribution < 1.29 is 50.4 Å². The standard InChI is InChI=1S/C25H21F5N3O6P/c1-12-16-4-3-13(24(34)31-10-17-19(27)6-14(26)7-20(17)28)5-23(16)33(25(35)32(12)2)11-18-21(29)8-15(9-22(18)30)39-40(36,37)38/h3-9,12H,10-11H2,1-2H3,(H,31,34)(H2,36,37,38)/t12-/m0/s1. The Kier molecular flexibility index (Phi) is 7.88. The molecule has 1 aliphatic heterocycles. The predicted molar refractivity (Wildman–Crippen MR) is 131 cm³/mol. The van der Waals surface area contributed by atoms with E-state index in [-0.39, 0.29) is 11.3 Å². The molecule has 3 N–H and O–H groups in total. The fourth-order valence-electron chi connectivity index (χ4n) is 4.18. The first kappa shape index (κ1) is 29.0. The molecule has 0 unspecified atom stereocenters. The molecule has 3 amide bonds. The molecule has 1 aliphatic rings. The molecule has 0 saturated heterocycles. The summed E-state index contributed by atoms with van der Waals surface area (Å²) in [7, 11) is -3.64. The Bertz CT molecular complexity index is 1520. The first-order chi connectivity index (χ1) is 18.7. The number of nitrogens with one attached hydrogen (secondary N) is 1. The lowest BCUT2D eigenvalue weighted by atomic mass is 9.98. The van der Waals surface area contributed by atoms with E-state index in [1.165, 1.54) is 30.1 Å². The summed E-state index contributed by atoms with van der Waals surface area (Å²) >= 11 is 0. The summed E-state index contributed by atoms with van der Waals surface area (Å²) in [6.07, 6.45) is 0. The summed E-state index contributed by atoms with van der Waals surface area (Å²) in [6.45, 7) is 0.395. The number of hydrogen-bond acceptors (Lipinski definition) is 4. The fraction of sp³-hybridized carbons (Fsp3) is 0.200. The van der Waals surface area contributed by atoms with Gasteiger partial charge in [0, 0.05) is 54.5 Å². The van der Waals surface area contributed by atoms with Gasteiger partial charge in [0.25, 0.3) is 5.91 Å². The van der Waals surface area contributed by atoms with Crippen molar-refractivity contribution in [1.82, 2.24) is 10.2 Å². The molecule has 15 heteroatoms. The molecule has 40 heavy (non-hydrogen) atoms. The van der Waals surface area contributed by atoms with Gasteiger partial charge in [-0.2, -0.15) is 0 Å². The zero-order chi connectivity index (χ0) is 29.5. The van der Waals surface area contributed by atoms with Crippen LogP contribution in [0.1, 0.15) is 40.0 Å². The molecule has 4 rings (SSSR count). The third-order valence-electron chi connectivity index (χ3n) is 6.33. The van der Waals surface area contributed by atoms with E-state index >= 15 is 0 Å². The lowest BCUT2D eigenvalue weighted by molar-refractivity contribution is 0.0950. The number of carbonyl (C=O) groups is 2. The number of halogens is 5. The van der Waals surface area contributed by atoms with E-state index in [4.69, 9.17) is 9.79 Å². The van der Waals surface area contributed by atoms with Gasteiger partial charge in [0.2, 0.25) is 0 Å². The van der Waals surface area contributed by atoms with E-state index < -0.39 is 84.9 Å². The molecule has 0 saturated carbocycles. The molecule has 1 atom stereocenters. The second kappa shape index (κ2) is 10.9. The minimum absolute atomic E-state index is 0.0532. The summed E-state index contributed by atoms with van der Waals surface area (Å²) in [4.78, 5) is 46.0. The highest BCUT2D eigenvalue weighted by Gasteiger charge is 2.35. The SMILES string of the molecule is C[C@H]1c2ccc(C(=O)NCc3c(F)cc(F)cc3F)cc2N(Cc2c(F)cc(OP(=O)(O)O)cc2F)C(=O)N1C. The summed E-state index contributed by atoms with van der Waals surface area (Å²) in [6, 6.07) is 5.02. The number of fused-ring (bicyclic) bond motifs is 1. The number of hydrogen-bond donors (Lipinski definition) is 3. The van der Waals surface area contributed by atoms with Gasteiger partial charge >= 0.3 is 13.9 Å². The summed E-state index contributed by atoms with van der Waals surface area (Å²) in [5, 5.41) is 2.31. The van der Waals surface area contributed by atoms with Gasteiger partial charge < -0.3 is 14.7 Å². The Morgan fingerprint density at radius 1 is 0.975 bits per heavy atom. The van der Waals surface area contributed by atoms with E-state index in [1.807, 2.05) is 0 Å². The summed E-state index contributed by atoms with van der Waals surface area (Å²) < 4.78 is 85.9. The van der Waals surface area contributed by atoms with Crippen LogP contribution in [0.15, 0.2) is 42.5 Å². The van der Waals surface area contributed by atoms with Crippen molar-refractivity contribution in [2.45, 2.75) is 26.1 Å². The highest BCUT2D eigenvalue weighted by molar-refractivity contribution is 7.46. The van der Waals surface area contributed by atoms with Gasteiger partial charge in [-0.25, -0.2) is 31.3 Å². The molecule has 0 aromatic heterocycles. The van der Waals surface area contributed by atoms with Crippen LogP contribution in [0.3, 0.4) is 0 Å². The van der Waals surface area contributed by atoms with Gasteiger partial charge in [-0.3, -0.25) is 19.5 Å². The van der Waals surface area contributed by atoms with Gasteiger partial charge in [0.1, 0.15) is 34.8 Å². The summed E-state index contributed by atoms with van der Waals surface area (Å²) in [5.74, 6) is -7.60. The minimum atomic E-state index is -5.10. The third kappa shape index (κ3) is 5.93. The first-order valence-electron chi connectivity index (χ1n) is 11.5. The van der Waals surface area contributed by atoms with E-state index in [9.17, 15) is 36.1 Å². The lowest BCUT2D eigenvalue weighted by Crippen LogP contribution is -2.47. The molecule has 0 aliphatic carbocycles. The fourth-order valence-corrected chi connectivity index (χ4v) is 4.56. The number of rotatable bonds is 7. The highest BCUT2D eigenvalue weighted by atomic mass is 31.2. The Morgan fingerprint density at radius 2 is 1.55 bits per heavy atom. The van der Waals surface area contributed by atoms with Gasteiger partial charge in [-0.1, -0.05) is 6.07 Å². The van der Waals surface area contributed by atoms with E-state index in [2.05, 4.69) is 9.84 Å². The number of anilines is 1. The van der Waals surface area contributed by atoms with Crippen LogP contribution in [0.25, 0.3) is 0 Å². The van der Waals surface area contributed by atoms with Crippen LogP contribution < -0.4 is 14.7 Å². The van der Waals surface area contributed by atoms with E-state index in [1.54, 1.807) is 6.92 Å². The van der Waals surface area contributed by atoms with Crippen LogP contribution in [-0.2, 0) is 17.7 Å². The van der Waals surface area contributed by atoms with Crippen molar-refractivity contribution in [2.24, 2.45) is 0 Å². The average molecular weight is 585 g/mol. The monoisotopic (exact) mass is 585 g/mol. The molecule has 212 valence electrons. The smallest absolute Gasteiger partial charge is 0.404 e. The van der Waals surface area contributed by atoms with Crippen LogP contribution in [-0.4, -0.2) is 33.7 Å². The van der Waals surface area contributed by atoms with Crippen molar-refractivity contribution >= 4 is 25.4 Å². The molecular weight excluding hydrogens is 564 g/mol. The molecular formula is C25H21F5N3O6P. The quantitative estimate of drug-likeness (QED) is 0.268. The molecule has 0 fully saturated rings. The average Bonchev–Trinajstić information content (AvgIpc) is 2.84. The minimum Gasteiger partial charge on any atom is -0.404 e. The zero-order valence-corrected chi connectivity index (χ0v) is 21.7. The molecule has 9 nitrogen and oxygen atoms in total. The largest absolute Gasteiger partial charge is 0.524 e. The number of benzene rings is 3. The summed E-state index contributed by atoms with van der Waals surface area (Å²) in [5.41, 5.74) is -0.620. The molecule has 1 heterocycles. The number of phosphoric acid groups is 1. The molecule has 0 spiro atoms. The molecule has 3 aromatic carbocycles. The van der Waals surface area contributed by atoms with E-state index in [0.717, 1.165) is 4.90 Å². The van der Waals surface area contributed by atoms with Crippen molar-refractivity contribution in [3.8, 4) is 5.75 Å². The van der Waals surface area contributed by atoms with Crippen molar-refractivity contribution in [3.05, 3.63) is 93.8 Å². The van der Waals surface area contributed by atoms with Crippen LogP contribution in [0.5, 0.6) is 5.75 Å². The number of phosphoric ester groups is 1. The topological polar surface area (TPSA) is 119 Å². The predicted octanol–water partition coefficient (Wildman–Crippen LogP) is 4.92. The first-order valence-corrected chi connectivity index (χ1v) is 13.0. The Hall–Kier alpha value is -4.00. The molecule has 0 radical (unpaired) electrons. The van der Waals surface area contributed by atoms with Gasteiger partial charge in [0.05, 0.1) is 18.3 Å². The van der Waals surface area contributed by atoms with Crippen LogP contribution in [0.4, 0.5) is 32.4 Å². The highest BCUT2D eigenvalue weighted by Crippen LogP contribution is 2.40. The number of amides is 3. The zero-order valence-electron chi connectivity index (χ0n) is 20.8. The number of urea groups is 1. The third-order valence-corrected chi connectivity index (χ3v) is 6.78. The maximum atomic E-state index is 14.8. The van der Waals surface area contributed by atoms with Crippen molar-refractivity contribution in [2.75, 3.05) is 11.9 Å². The maximum Gasteiger partial charge on any atom is 0.524 e. The van der Waals surface area contributed by atoms with Crippen molar-refractivity contribution in [1.29, 1.82) is 0 Å². The van der Waals surface area contributed by atoms with Crippen LogP contribution in [0, 0.1) is 29.1 Å².